The Morgan fingerprint density at radius 3 is 3.22 bits per heavy atom. The summed E-state index contributed by atoms with van der Waals surface area (Å²) >= 11 is 1.40. The lowest BCUT2D eigenvalue weighted by Gasteiger charge is -2.05. The number of hydrogen-bond acceptors (Lipinski definition) is 5. The van der Waals surface area contributed by atoms with Crippen LogP contribution in [0.15, 0.2) is 16.2 Å². The summed E-state index contributed by atoms with van der Waals surface area (Å²) in [4.78, 5) is 18.8. The van der Waals surface area contributed by atoms with Gasteiger partial charge in [0.25, 0.3) is 5.56 Å². The highest BCUT2D eigenvalue weighted by Gasteiger charge is 2.04. The summed E-state index contributed by atoms with van der Waals surface area (Å²) in [6.07, 6.45) is 1.43. The fourth-order valence-electron chi connectivity index (χ4n) is 1.73. The predicted molar refractivity (Wildman–Crippen MR) is 72.9 cm³/mol. The van der Waals surface area contributed by atoms with Gasteiger partial charge in [0.1, 0.15) is 10.5 Å². The molecule has 0 amide bonds. The van der Waals surface area contributed by atoms with E-state index in [1.165, 1.54) is 11.3 Å². The van der Waals surface area contributed by atoms with E-state index < -0.39 is 0 Å². The van der Waals surface area contributed by atoms with Crippen LogP contribution in [0.4, 0.5) is 0 Å². The van der Waals surface area contributed by atoms with Gasteiger partial charge in [-0.3, -0.25) is 4.79 Å². The van der Waals surface area contributed by atoms with E-state index in [1.807, 2.05) is 11.4 Å². The first-order chi connectivity index (χ1) is 8.66. The summed E-state index contributed by atoms with van der Waals surface area (Å²) in [7, 11) is 0. The molecule has 2 aromatic heterocycles. The number of hydrogen-bond donors (Lipinski definition) is 3. The van der Waals surface area contributed by atoms with Gasteiger partial charge in [-0.2, -0.15) is 0 Å². The van der Waals surface area contributed by atoms with E-state index in [-0.39, 0.29) is 11.7 Å². The Bertz CT molecular complexity index is 562. The highest BCUT2D eigenvalue weighted by atomic mass is 32.1. The second-order valence-corrected chi connectivity index (χ2v) is 5.23. The van der Waals surface area contributed by atoms with Gasteiger partial charge in [0.2, 0.25) is 0 Å². The first kappa shape index (κ1) is 13.2. The Morgan fingerprint density at radius 1 is 1.61 bits per heavy atom. The summed E-state index contributed by atoms with van der Waals surface area (Å²) in [6, 6.07) is 1.85. The van der Waals surface area contributed by atoms with Crippen molar-refractivity contribution in [2.75, 3.05) is 6.54 Å². The average Bonchev–Trinajstić information content (AvgIpc) is 2.77. The number of rotatable bonds is 6. The number of aromatic amines is 1. The number of nitrogens with one attached hydrogen (secondary N) is 2. The number of H-pyrrole nitrogens is 1. The molecule has 0 bridgehead atoms. The normalized spacial score (nSPS) is 13.0. The van der Waals surface area contributed by atoms with Gasteiger partial charge in [-0.25, -0.2) is 4.98 Å². The largest absolute Gasteiger partial charge is 0.393 e. The van der Waals surface area contributed by atoms with E-state index in [4.69, 9.17) is 5.11 Å². The van der Waals surface area contributed by atoms with E-state index in [0.717, 1.165) is 24.9 Å². The first-order valence-corrected chi connectivity index (χ1v) is 6.90. The molecule has 0 saturated carbocycles. The lowest BCUT2D eigenvalue weighted by Crippen LogP contribution is -2.20. The maximum absolute atomic E-state index is 11.7. The molecule has 3 N–H and O–H groups in total. The predicted octanol–water partition coefficient (Wildman–Crippen LogP) is 1.24. The monoisotopic (exact) mass is 267 g/mol. The standard InChI is InChI=1S/C12H17N3O2S/c1-8(16)3-2-5-13-7-10-14-9-4-6-18-11(9)12(17)15-10/h4,6,8,13,16H,2-3,5,7H2,1H3,(H,14,15,17). The van der Waals surface area contributed by atoms with Crippen LogP contribution < -0.4 is 10.9 Å². The molecule has 98 valence electrons. The molecular weight excluding hydrogens is 250 g/mol. The molecule has 2 rings (SSSR count). The second-order valence-electron chi connectivity index (χ2n) is 4.32. The average molecular weight is 267 g/mol. The van der Waals surface area contributed by atoms with Crippen LogP contribution in [0.2, 0.25) is 0 Å². The van der Waals surface area contributed by atoms with Crippen molar-refractivity contribution in [3.8, 4) is 0 Å². The maximum Gasteiger partial charge on any atom is 0.268 e. The zero-order valence-electron chi connectivity index (χ0n) is 10.3. The number of aromatic nitrogens is 2. The molecule has 0 radical (unpaired) electrons. The lowest BCUT2D eigenvalue weighted by molar-refractivity contribution is 0.181. The van der Waals surface area contributed by atoms with Crippen molar-refractivity contribution < 1.29 is 5.11 Å². The van der Waals surface area contributed by atoms with Gasteiger partial charge in [-0.15, -0.1) is 11.3 Å². The van der Waals surface area contributed by atoms with E-state index in [0.29, 0.717) is 17.1 Å². The number of fused-ring (bicyclic) bond motifs is 1. The number of nitrogens with zero attached hydrogens (tertiary/aromatic N) is 1. The van der Waals surface area contributed by atoms with Gasteiger partial charge in [0.05, 0.1) is 18.2 Å². The highest BCUT2D eigenvalue weighted by Crippen LogP contribution is 2.13. The maximum atomic E-state index is 11.7. The molecule has 0 spiro atoms. The van der Waals surface area contributed by atoms with Crippen molar-refractivity contribution in [3.05, 3.63) is 27.6 Å². The lowest BCUT2D eigenvalue weighted by atomic mass is 10.2. The summed E-state index contributed by atoms with van der Waals surface area (Å²) in [6.45, 7) is 3.13. The topological polar surface area (TPSA) is 78.0 Å². The van der Waals surface area contributed by atoms with Crippen molar-refractivity contribution in [2.24, 2.45) is 0 Å². The van der Waals surface area contributed by atoms with Crippen LogP contribution >= 0.6 is 11.3 Å². The number of aliphatic hydroxyl groups excluding tert-OH is 1. The van der Waals surface area contributed by atoms with Crippen molar-refractivity contribution in [1.82, 2.24) is 15.3 Å². The van der Waals surface area contributed by atoms with Crippen LogP contribution in [-0.2, 0) is 6.54 Å². The fraction of sp³-hybridized carbons (Fsp3) is 0.500. The molecule has 0 aromatic carbocycles. The van der Waals surface area contributed by atoms with Crippen LogP contribution in [0, 0.1) is 0 Å². The minimum absolute atomic E-state index is 0.0734. The second kappa shape index (κ2) is 6.08. The van der Waals surface area contributed by atoms with Crippen molar-refractivity contribution in [1.29, 1.82) is 0 Å². The molecule has 18 heavy (non-hydrogen) atoms. The zero-order valence-corrected chi connectivity index (χ0v) is 11.1. The van der Waals surface area contributed by atoms with Gasteiger partial charge >= 0.3 is 0 Å². The number of aliphatic hydroxyl groups is 1. The Kier molecular flexibility index (Phi) is 4.46. The molecule has 0 aliphatic rings. The summed E-state index contributed by atoms with van der Waals surface area (Å²) in [5.74, 6) is 0.656. The van der Waals surface area contributed by atoms with Gasteiger partial charge in [-0.1, -0.05) is 0 Å². The van der Waals surface area contributed by atoms with Crippen molar-refractivity contribution in [2.45, 2.75) is 32.4 Å². The van der Waals surface area contributed by atoms with E-state index in [1.54, 1.807) is 6.92 Å². The quantitative estimate of drug-likeness (QED) is 0.688. The third kappa shape index (κ3) is 3.38. The summed E-state index contributed by atoms with van der Waals surface area (Å²) in [5.41, 5.74) is 0.681. The highest BCUT2D eigenvalue weighted by molar-refractivity contribution is 7.17. The number of thiophene rings is 1. The third-order valence-corrected chi connectivity index (χ3v) is 3.53. The Labute approximate surface area is 109 Å². The van der Waals surface area contributed by atoms with Gasteiger partial charge in [-0.05, 0) is 37.8 Å². The Morgan fingerprint density at radius 2 is 2.44 bits per heavy atom. The SMILES string of the molecule is CC(O)CCCNCc1nc2ccsc2c(=O)[nH]1. The van der Waals surface area contributed by atoms with Crippen LogP contribution in [0.5, 0.6) is 0 Å². The molecule has 6 heteroatoms. The molecule has 1 atom stereocenters. The van der Waals surface area contributed by atoms with Crippen molar-refractivity contribution >= 4 is 21.6 Å². The van der Waals surface area contributed by atoms with Crippen molar-refractivity contribution in [3.63, 3.8) is 0 Å². The molecule has 0 saturated heterocycles. The molecule has 2 aromatic rings. The van der Waals surface area contributed by atoms with E-state index in [2.05, 4.69) is 15.3 Å². The minimum atomic E-state index is -0.258. The summed E-state index contributed by atoms with van der Waals surface area (Å²) < 4.78 is 0.674. The van der Waals surface area contributed by atoms with E-state index >= 15 is 0 Å². The smallest absolute Gasteiger partial charge is 0.268 e. The molecular formula is C12H17N3O2S. The van der Waals surface area contributed by atoms with Crippen LogP contribution in [0.25, 0.3) is 10.2 Å². The minimum Gasteiger partial charge on any atom is -0.393 e. The molecule has 2 heterocycles. The third-order valence-electron chi connectivity index (χ3n) is 2.63. The Hall–Kier alpha value is -1.24. The summed E-state index contributed by atoms with van der Waals surface area (Å²) in [5, 5.41) is 14.2. The first-order valence-electron chi connectivity index (χ1n) is 6.02. The molecule has 0 aliphatic carbocycles. The van der Waals surface area contributed by atoms with Crippen LogP contribution in [-0.4, -0.2) is 27.7 Å². The zero-order chi connectivity index (χ0) is 13.0. The molecule has 5 nitrogen and oxygen atoms in total. The van der Waals surface area contributed by atoms with Gasteiger partial charge < -0.3 is 15.4 Å². The molecule has 1 unspecified atom stereocenters. The molecule has 0 fully saturated rings. The van der Waals surface area contributed by atoms with Gasteiger partial charge in [0.15, 0.2) is 0 Å². The van der Waals surface area contributed by atoms with Gasteiger partial charge in [0, 0.05) is 0 Å². The van der Waals surface area contributed by atoms with Crippen LogP contribution in [0.3, 0.4) is 0 Å². The molecule has 0 aliphatic heterocycles. The Balaban J connectivity index is 1.90. The van der Waals surface area contributed by atoms with E-state index in [9.17, 15) is 4.79 Å². The van der Waals surface area contributed by atoms with Crippen LogP contribution in [0.1, 0.15) is 25.6 Å². The fourth-order valence-corrected chi connectivity index (χ4v) is 2.46.